The summed E-state index contributed by atoms with van der Waals surface area (Å²) in [5.74, 6) is -0.420. The zero-order valence-electron chi connectivity index (χ0n) is 18.8. The number of piperazine rings is 1. The quantitative estimate of drug-likeness (QED) is 0.572. The Labute approximate surface area is 195 Å². The third kappa shape index (κ3) is 5.80. The second-order valence-corrected chi connectivity index (χ2v) is 10.2. The van der Waals surface area contributed by atoms with Crippen molar-refractivity contribution in [1.29, 1.82) is 0 Å². The number of likely N-dealkylation sites (N-methyl/N-ethyl adjacent to an activating group) is 1. The van der Waals surface area contributed by atoms with Crippen LogP contribution in [-0.4, -0.2) is 51.9 Å². The molecular formula is C26H29N3O3S. The van der Waals surface area contributed by atoms with E-state index in [1.807, 2.05) is 24.3 Å². The summed E-state index contributed by atoms with van der Waals surface area (Å²) in [7, 11) is -3.47. The highest BCUT2D eigenvalue weighted by molar-refractivity contribution is 7.90. The molecule has 1 aliphatic heterocycles. The van der Waals surface area contributed by atoms with E-state index in [0.29, 0.717) is 16.8 Å². The first-order valence-electron chi connectivity index (χ1n) is 11.2. The molecule has 3 aromatic rings. The zero-order chi connectivity index (χ0) is 23.3. The van der Waals surface area contributed by atoms with Crippen molar-refractivity contribution >= 4 is 27.1 Å². The summed E-state index contributed by atoms with van der Waals surface area (Å²) in [4.78, 5) is 17.8. The predicted molar refractivity (Wildman–Crippen MR) is 132 cm³/mol. The van der Waals surface area contributed by atoms with Gasteiger partial charge in [-0.1, -0.05) is 37.3 Å². The second-order valence-electron chi connectivity index (χ2n) is 8.19. The molecule has 0 saturated carbocycles. The van der Waals surface area contributed by atoms with Gasteiger partial charge < -0.3 is 15.1 Å². The van der Waals surface area contributed by atoms with Crippen molar-refractivity contribution in [3.63, 3.8) is 0 Å². The number of rotatable bonds is 7. The molecule has 0 aromatic heterocycles. The number of anilines is 2. The van der Waals surface area contributed by atoms with Gasteiger partial charge in [-0.05, 0) is 60.6 Å². The minimum atomic E-state index is -3.47. The Balaban J connectivity index is 1.40. The summed E-state index contributed by atoms with van der Waals surface area (Å²) >= 11 is 0. The molecule has 0 spiro atoms. The summed E-state index contributed by atoms with van der Waals surface area (Å²) in [5.41, 5.74) is 2.86. The van der Waals surface area contributed by atoms with Crippen LogP contribution in [0.4, 0.5) is 11.4 Å². The van der Waals surface area contributed by atoms with Crippen molar-refractivity contribution in [3.05, 3.63) is 90.0 Å². The summed E-state index contributed by atoms with van der Waals surface area (Å²) in [6.45, 7) is 7.39. The molecule has 1 amide bonds. The maximum Gasteiger partial charge on any atom is 0.255 e. The molecule has 0 radical (unpaired) electrons. The standard InChI is InChI=1S/C26H29N3O3S/c1-2-28-15-17-29(18-16-28)24-13-11-23(12-14-24)27-26(30)22-8-6-7-21(19-22)20-33(31,32)25-9-4-3-5-10-25/h3-14,19H,2,15-18,20H2,1H3,(H,27,30). The molecule has 1 heterocycles. The van der Waals surface area contributed by atoms with Crippen molar-refractivity contribution in [1.82, 2.24) is 4.90 Å². The first-order chi connectivity index (χ1) is 15.9. The lowest BCUT2D eigenvalue weighted by Gasteiger charge is -2.35. The Morgan fingerprint density at radius 3 is 2.24 bits per heavy atom. The number of hydrogen-bond acceptors (Lipinski definition) is 5. The summed E-state index contributed by atoms with van der Waals surface area (Å²) in [6.07, 6.45) is 0. The molecule has 33 heavy (non-hydrogen) atoms. The number of carbonyl (C=O) groups excluding carboxylic acids is 1. The number of nitrogens with one attached hydrogen (secondary N) is 1. The van der Waals surface area contributed by atoms with E-state index in [4.69, 9.17) is 0 Å². The van der Waals surface area contributed by atoms with Crippen LogP contribution in [0, 0.1) is 0 Å². The van der Waals surface area contributed by atoms with E-state index < -0.39 is 9.84 Å². The fourth-order valence-corrected chi connectivity index (χ4v) is 5.37. The first kappa shape index (κ1) is 23.0. The summed E-state index contributed by atoms with van der Waals surface area (Å²) < 4.78 is 25.3. The zero-order valence-corrected chi connectivity index (χ0v) is 19.6. The molecular weight excluding hydrogens is 434 g/mol. The number of amides is 1. The van der Waals surface area contributed by atoms with E-state index in [1.165, 1.54) is 0 Å². The number of benzene rings is 3. The molecule has 0 atom stereocenters. The van der Waals surface area contributed by atoms with Gasteiger partial charge in [0.05, 0.1) is 10.6 Å². The first-order valence-corrected chi connectivity index (χ1v) is 12.9. The van der Waals surface area contributed by atoms with Gasteiger partial charge in [0.15, 0.2) is 9.84 Å². The number of carbonyl (C=O) groups is 1. The van der Waals surface area contributed by atoms with E-state index in [-0.39, 0.29) is 16.6 Å². The van der Waals surface area contributed by atoms with Crippen LogP contribution in [0.3, 0.4) is 0 Å². The lowest BCUT2D eigenvalue weighted by atomic mass is 10.1. The van der Waals surface area contributed by atoms with Crippen LogP contribution in [0.25, 0.3) is 0 Å². The van der Waals surface area contributed by atoms with Crippen LogP contribution in [0.1, 0.15) is 22.8 Å². The fraction of sp³-hybridized carbons (Fsp3) is 0.269. The average molecular weight is 464 g/mol. The highest BCUT2D eigenvalue weighted by atomic mass is 32.2. The molecule has 3 aromatic carbocycles. The second kappa shape index (κ2) is 10.2. The van der Waals surface area contributed by atoms with Crippen LogP contribution < -0.4 is 10.2 Å². The number of sulfone groups is 1. The normalized spacial score (nSPS) is 14.8. The van der Waals surface area contributed by atoms with Gasteiger partial charge in [-0.3, -0.25) is 4.79 Å². The highest BCUT2D eigenvalue weighted by Gasteiger charge is 2.17. The molecule has 1 fully saturated rings. The van der Waals surface area contributed by atoms with Crippen LogP contribution in [-0.2, 0) is 15.6 Å². The van der Waals surface area contributed by atoms with Gasteiger partial charge in [0.25, 0.3) is 5.91 Å². The summed E-state index contributed by atoms with van der Waals surface area (Å²) in [6, 6.07) is 23.0. The topological polar surface area (TPSA) is 69.7 Å². The Morgan fingerprint density at radius 1 is 0.879 bits per heavy atom. The molecule has 1 saturated heterocycles. The molecule has 7 heteroatoms. The van der Waals surface area contributed by atoms with Gasteiger partial charge >= 0.3 is 0 Å². The predicted octanol–water partition coefficient (Wildman–Crippen LogP) is 4.05. The highest BCUT2D eigenvalue weighted by Crippen LogP contribution is 2.21. The maximum atomic E-state index is 12.8. The maximum absolute atomic E-state index is 12.8. The molecule has 4 rings (SSSR count). The van der Waals surface area contributed by atoms with E-state index in [2.05, 4.69) is 22.0 Å². The van der Waals surface area contributed by atoms with Crippen molar-refractivity contribution in [2.45, 2.75) is 17.6 Å². The smallest absolute Gasteiger partial charge is 0.255 e. The lowest BCUT2D eigenvalue weighted by molar-refractivity contribution is 0.102. The average Bonchev–Trinajstić information content (AvgIpc) is 2.85. The van der Waals surface area contributed by atoms with Crippen LogP contribution in [0.15, 0.2) is 83.8 Å². The monoisotopic (exact) mass is 463 g/mol. The minimum Gasteiger partial charge on any atom is -0.369 e. The van der Waals surface area contributed by atoms with Gasteiger partial charge in [-0.25, -0.2) is 8.42 Å². The van der Waals surface area contributed by atoms with E-state index >= 15 is 0 Å². The van der Waals surface area contributed by atoms with Crippen LogP contribution in [0.5, 0.6) is 0 Å². The number of nitrogens with zero attached hydrogens (tertiary/aromatic N) is 2. The number of hydrogen-bond donors (Lipinski definition) is 1. The van der Waals surface area contributed by atoms with E-state index in [0.717, 1.165) is 38.4 Å². The molecule has 172 valence electrons. The van der Waals surface area contributed by atoms with Crippen molar-refractivity contribution in [2.75, 3.05) is 42.9 Å². The molecule has 0 unspecified atom stereocenters. The molecule has 6 nitrogen and oxygen atoms in total. The van der Waals surface area contributed by atoms with E-state index in [9.17, 15) is 13.2 Å². The Morgan fingerprint density at radius 2 is 1.58 bits per heavy atom. The van der Waals surface area contributed by atoms with Gasteiger partial charge in [-0.15, -0.1) is 0 Å². The minimum absolute atomic E-state index is 0.155. The molecule has 1 N–H and O–H groups in total. The van der Waals surface area contributed by atoms with Gasteiger partial charge in [0.2, 0.25) is 0 Å². The van der Waals surface area contributed by atoms with Crippen LogP contribution >= 0.6 is 0 Å². The van der Waals surface area contributed by atoms with Crippen molar-refractivity contribution < 1.29 is 13.2 Å². The van der Waals surface area contributed by atoms with Crippen molar-refractivity contribution in [2.24, 2.45) is 0 Å². The summed E-state index contributed by atoms with van der Waals surface area (Å²) in [5, 5.41) is 2.91. The Kier molecular flexibility index (Phi) is 7.11. The largest absolute Gasteiger partial charge is 0.369 e. The molecule has 0 aliphatic carbocycles. The third-order valence-electron chi connectivity index (χ3n) is 5.96. The van der Waals surface area contributed by atoms with Gasteiger partial charge in [0, 0.05) is 43.1 Å². The molecule has 1 aliphatic rings. The van der Waals surface area contributed by atoms with Crippen molar-refractivity contribution in [3.8, 4) is 0 Å². The third-order valence-corrected chi connectivity index (χ3v) is 7.66. The van der Waals surface area contributed by atoms with E-state index in [1.54, 1.807) is 54.6 Å². The lowest BCUT2D eigenvalue weighted by Crippen LogP contribution is -2.46. The fourth-order valence-electron chi connectivity index (χ4n) is 4.01. The Bertz CT molecular complexity index is 1190. The Hall–Kier alpha value is -3.16. The SMILES string of the molecule is CCN1CCN(c2ccc(NC(=O)c3cccc(CS(=O)(=O)c4ccccc4)c3)cc2)CC1. The molecule has 0 bridgehead atoms. The van der Waals surface area contributed by atoms with Gasteiger partial charge in [-0.2, -0.15) is 0 Å². The van der Waals surface area contributed by atoms with Crippen LogP contribution in [0.2, 0.25) is 0 Å². The van der Waals surface area contributed by atoms with Gasteiger partial charge in [0.1, 0.15) is 0 Å².